The van der Waals surface area contributed by atoms with Gasteiger partial charge < -0.3 is 10.6 Å². The van der Waals surface area contributed by atoms with Gasteiger partial charge in [-0.3, -0.25) is 4.79 Å². The molecule has 0 aliphatic heterocycles. The lowest BCUT2D eigenvalue weighted by Crippen LogP contribution is -2.32. The largest absolute Gasteiger partial charge is 0.361 e. The van der Waals surface area contributed by atoms with Crippen LogP contribution >= 0.6 is 11.6 Å². The van der Waals surface area contributed by atoms with E-state index in [0.717, 1.165) is 5.56 Å². The highest BCUT2D eigenvalue weighted by atomic mass is 35.5. The summed E-state index contributed by atoms with van der Waals surface area (Å²) in [5.41, 5.74) is 0.853. The molecule has 0 aromatic carbocycles. The Morgan fingerprint density at radius 3 is 2.88 bits per heavy atom. The lowest BCUT2D eigenvalue weighted by molar-refractivity contribution is -0.119. The van der Waals surface area contributed by atoms with Crippen molar-refractivity contribution in [3.63, 3.8) is 0 Å². The van der Waals surface area contributed by atoms with Gasteiger partial charge >= 0.3 is 0 Å². The van der Waals surface area contributed by atoms with Gasteiger partial charge in [-0.1, -0.05) is 13.8 Å². The minimum Gasteiger partial charge on any atom is -0.361 e. The number of hydrogen-bond donors (Lipinski definition) is 2. The first-order valence-electron chi connectivity index (χ1n) is 5.48. The fraction of sp³-hybridized carbons (Fsp3) is 0.545. The summed E-state index contributed by atoms with van der Waals surface area (Å²) < 4.78 is 0. The molecule has 17 heavy (non-hydrogen) atoms. The molecular weight excluding hydrogens is 240 g/mol. The van der Waals surface area contributed by atoms with Gasteiger partial charge in [-0.2, -0.15) is 0 Å². The average Bonchev–Trinajstić information content (AvgIpc) is 2.27. The van der Waals surface area contributed by atoms with Crippen molar-refractivity contribution in [2.24, 2.45) is 5.92 Å². The number of carbonyl (C=O) groups is 1. The summed E-state index contributed by atoms with van der Waals surface area (Å²) >= 11 is 5.67. The molecule has 1 heterocycles. The number of nitrogens with one attached hydrogen (secondary N) is 2. The molecule has 0 saturated carbocycles. The predicted molar refractivity (Wildman–Crippen MR) is 68.1 cm³/mol. The van der Waals surface area contributed by atoms with Crippen LogP contribution in [0.4, 0.5) is 5.82 Å². The molecule has 0 spiro atoms. The zero-order chi connectivity index (χ0) is 12.8. The second kappa shape index (κ2) is 6.39. The van der Waals surface area contributed by atoms with Crippen molar-refractivity contribution in [2.45, 2.75) is 20.8 Å². The Bertz CT molecular complexity index is 395. The summed E-state index contributed by atoms with van der Waals surface area (Å²) in [6.07, 6.45) is 1.61. The molecule has 0 bridgehead atoms. The molecule has 0 unspecified atom stereocenters. The van der Waals surface area contributed by atoms with E-state index in [1.807, 2.05) is 20.8 Å². The van der Waals surface area contributed by atoms with Gasteiger partial charge in [0.05, 0.1) is 6.54 Å². The summed E-state index contributed by atoms with van der Waals surface area (Å²) in [6.45, 7) is 6.79. The van der Waals surface area contributed by atoms with E-state index in [2.05, 4.69) is 20.6 Å². The molecule has 5 nitrogen and oxygen atoms in total. The Morgan fingerprint density at radius 2 is 2.24 bits per heavy atom. The number of amides is 1. The van der Waals surface area contributed by atoms with Crippen molar-refractivity contribution in [3.05, 3.63) is 17.0 Å². The Labute approximate surface area is 106 Å². The summed E-state index contributed by atoms with van der Waals surface area (Å²) in [5, 5.41) is 5.91. The average molecular weight is 257 g/mol. The Kier molecular flexibility index (Phi) is 5.15. The molecule has 1 aromatic rings. The minimum atomic E-state index is -0.0622. The third kappa shape index (κ3) is 4.99. The summed E-state index contributed by atoms with van der Waals surface area (Å²) in [6, 6.07) is 0. The number of halogens is 1. The normalized spacial score (nSPS) is 10.4. The van der Waals surface area contributed by atoms with Crippen LogP contribution in [0.15, 0.2) is 6.20 Å². The lowest BCUT2D eigenvalue weighted by atomic mass is 10.2. The molecule has 0 aliphatic carbocycles. The number of hydrogen-bond acceptors (Lipinski definition) is 4. The van der Waals surface area contributed by atoms with Crippen molar-refractivity contribution in [2.75, 3.05) is 18.4 Å². The quantitative estimate of drug-likeness (QED) is 0.786. The van der Waals surface area contributed by atoms with Crippen LogP contribution in [-0.2, 0) is 4.79 Å². The van der Waals surface area contributed by atoms with Gasteiger partial charge in [-0.05, 0) is 24.4 Å². The summed E-state index contributed by atoms with van der Waals surface area (Å²) in [4.78, 5) is 19.3. The van der Waals surface area contributed by atoms with Gasteiger partial charge in [0, 0.05) is 18.3 Å². The van der Waals surface area contributed by atoms with Crippen LogP contribution in [0.2, 0.25) is 5.28 Å². The maximum absolute atomic E-state index is 11.5. The van der Waals surface area contributed by atoms with Crippen LogP contribution in [0, 0.1) is 12.8 Å². The van der Waals surface area contributed by atoms with E-state index in [1.165, 1.54) is 0 Å². The molecular formula is C11H17ClN4O. The molecule has 0 atom stereocenters. The monoisotopic (exact) mass is 256 g/mol. The molecule has 1 rings (SSSR count). The third-order valence-corrected chi connectivity index (χ3v) is 2.25. The molecule has 0 saturated heterocycles. The molecule has 0 radical (unpaired) electrons. The summed E-state index contributed by atoms with van der Waals surface area (Å²) in [7, 11) is 0. The number of nitrogens with zero attached hydrogens (tertiary/aromatic N) is 2. The standard InChI is InChI=1S/C11H17ClN4O/c1-7(2)4-13-9(17)6-14-10-8(3)5-15-11(12)16-10/h5,7H,4,6H2,1-3H3,(H,13,17)(H,14,15,16). The van der Waals surface area contributed by atoms with Gasteiger partial charge in [-0.15, -0.1) is 0 Å². The number of anilines is 1. The summed E-state index contributed by atoms with van der Waals surface area (Å²) in [5.74, 6) is 0.965. The highest BCUT2D eigenvalue weighted by Gasteiger charge is 2.05. The second-order valence-corrected chi connectivity index (χ2v) is 4.56. The first-order valence-corrected chi connectivity index (χ1v) is 5.86. The second-order valence-electron chi connectivity index (χ2n) is 4.22. The fourth-order valence-electron chi connectivity index (χ4n) is 1.14. The number of rotatable bonds is 5. The Balaban J connectivity index is 2.44. The van der Waals surface area contributed by atoms with Crippen molar-refractivity contribution in [3.8, 4) is 0 Å². The predicted octanol–water partition coefficient (Wildman–Crippen LogP) is 1.62. The first-order chi connectivity index (χ1) is 7.99. The van der Waals surface area contributed by atoms with Crippen LogP contribution in [0.3, 0.4) is 0 Å². The van der Waals surface area contributed by atoms with E-state index < -0.39 is 0 Å². The van der Waals surface area contributed by atoms with Crippen molar-refractivity contribution >= 4 is 23.3 Å². The van der Waals surface area contributed by atoms with Gasteiger partial charge in [0.25, 0.3) is 0 Å². The van der Waals surface area contributed by atoms with Crippen molar-refractivity contribution in [1.29, 1.82) is 0 Å². The van der Waals surface area contributed by atoms with Gasteiger partial charge in [-0.25, -0.2) is 9.97 Å². The lowest BCUT2D eigenvalue weighted by Gasteiger charge is -2.10. The maximum atomic E-state index is 11.5. The number of aryl methyl sites for hydroxylation is 1. The smallest absolute Gasteiger partial charge is 0.239 e. The molecule has 2 N–H and O–H groups in total. The zero-order valence-electron chi connectivity index (χ0n) is 10.2. The van der Waals surface area contributed by atoms with E-state index in [-0.39, 0.29) is 17.7 Å². The van der Waals surface area contributed by atoms with E-state index in [1.54, 1.807) is 6.20 Å². The molecule has 0 aliphatic rings. The molecule has 1 aromatic heterocycles. The Morgan fingerprint density at radius 1 is 1.53 bits per heavy atom. The van der Waals surface area contributed by atoms with Crippen LogP contribution in [0.1, 0.15) is 19.4 Å². The van der Waals surface area contributed by atoms with Crippen LogP contribution in [-0.4, -0.2) is 29.0 Å². The van der Waals surface area contributed by atoms with E-state index in [0.29, 0.717) is 18.3 Å². The maximum Gasteiger partial charge on any atom is 0.239 e. The van der Waals surface area contributed by atoms with E-state index >= 15 is 0 Å². The van der Waals surface area contributed by atoms with Crippen molar-refractivity contribution < 1.29 is 4.79 Å². The number of carbonyl (C=O) groups excluding carboxylic acids is 1. The van der Waals surface area contributed by atoms with Gasteiger partial charge in [0.15, 0.2) is 0 Å². The minimum absolute atomic E-state index is 0.0622. The topological polar surface area (TPSA) is 66.9 Å². The van der Waals surface area contributed by atoms with Crippen LogP contribution < -0.4 is 10.6 Å². The first kappa shape index (κ1) is 13.7. The van der Waals surface area contributed by atoms with Crippen LogP contribution in [0.5, 0.6) is 0 Å². The molecule has 0 fully saturated rings. The molecule has 6 heteroatoms. The number of aromatic nitrogens is 2. The van der Waals surface area contributed by atoms with E-state index in [4.69, 9.17) is 11.6 Å². The van der Waals surface area contributed by atoms with Gasteiger partial charge in [0.2, 0.25) is 11.2 Å². The SMILES string of the molecule is Cc1cnc(Cl)nc1NCC(=O)NCC(C)C. The van der Waals surface area contributed by atoms with Crippen LogP contribution in [0.25, 0.3) is 0 Å². The van der Waals surface area contributed by atoms with Gasteiger partial charge in [0.1, 0.15) is 5.82 Å². The zero-order valence-corrected chi connectivity index (χ0v) is 11.0. The Hall–Kier alpha value is -1.36. The third-order valence-electron chi connectivity index (χ3n) is 2.07. The molecule has 1 amide bonds. The highest BCUT2D eigenvalue weighted by molar-refractivity contribution is 6.28. The fourth-order valence-corrected chi connectivity index (χ4v) is 1.28. The van der Waals surface area contributed by atoms with Crippen molar-refractivity contribution in [1.82, 2.24) is 15.3 Å². The molecule has 94 valence electrons. The van der Waals surface area contributed by atoms with E-state index in [9.17, 15) is 4.79 Å². The highest BCUT2D eigenvalue weighted by Crippen LogP contribution is 2.11.